The first-order valence-corrected chi connectivity index (χ1v) is 7.23. The van der Waals surface area contributed by atoms with Crippen molar-refractivity contribution in [3.8, 4) is 0 Å². The highest BCUT2D eigenvalue weighted by molar-refractivity contribution is 9.10. The molecule has 2 rings (SSSR count). The lowest BCUT2D eigenvalue weighted by Gasteiger charge is -2.29. The predicted molar refractivity (Wildman–Crippen MR) is 77.4 cm³/mol. The second kappa shape index (κ2) is 6.49. The molecular formula is C13H16BrFN2O3. The largest absolute Gasteiger partial charge is 0.381 e. The molecule has 0 saturated heterocycles. The molecule has 0 aliphatic heterocycles. The fourth-order valence-corrected chi connectivity index (χ4v) is 2.96. The van der Waals surface area contributed by atoms with E-state index in [1.807, 2.05) is 0 Å². The molecular weight excluding hydrogens is 331 g/mol. The Hall–Kier alpha value is -1.21. The van der Waals surface area contributed by atoms with Gasteiger partial charge in [-0.2, -0.15) is 0 Å². The highest BCUT2D eigenvalue weighted by atomic mass is 79.9. The monoisotopic (exact) mass is 346 g/mol. The number of hydrogen-bond donors (Lipinski definition) is 1. The first-order valence-electron chi connectivity index (χ1n) is 6.44. The van der Waals surface area contributed by atoms with E-state index in [0.29, 0.717) is 4.47 Å². The Kier molecular flexibility index (Phi) is 4.93. The van der Waals surface area contributed by atoms with Gasteiger partial charge < -0.3 is 10.1 Å². The van der Waals surface area contributed by atoms with Gasteiger partial charge in [0.2, 0.25) is 0 Å². The molecule has 1 N–H and O–H groups in total. The van der Waals surface area contributed by atoms with E-state index in [1.54, 1.807) is 7.11 Å². The van der Waals surface area contributed by atoms with E-state index in [1.165, 1.54) is 12.1 Å². The van der Waals surface area contributed by atoms with Crippen LogP contribution in [0.3, 0.4) is 0 Å². The van der Waals surface area contributed by atoms with Crippen LogP contribution in [-0.2, 0) is 4.74 Å². The average molecular weight is 347 g/mol. The highest BCUT2D eigenvalue weighted by Gasteiger charge is 2.26. The zero-order valence-corrected chi connectivity index (χ0v) is 12.7. The number of nitrogens with zero attached hydrogens (tertiary/aromatic N) is 1. The fraction of sp³-hybridized carbons (Fsp3) is 0.538. The summed E-state index contributed by atoms with van der Waals surface area (Å²) in [7, 11) is 1.65. The van der Waals surface area contributed by atoms with Gasteiger partial charge in [-0.1, -0.05) is 15.9 Å². The van der Waals surface area contributed by atoms with Gasteiger partial charge >= 0.3 is 0 Å². The van der Waals surface area contributed by atoms with Crippen LogP contribution in [0, 0.1) is 15.9 Å². The van der Waals surface area contributed by atoms with Crippen LogP contribution in [0.15, 0.2) is 16.6 Å². The van der Waals surface area contributed by atoms with E-state index < -0.39 is 10.7 Å². The molecule has 0 heterocycles. The van der Waals surface area contributed by atoms with Gasteiger partial charge in [-0.15, -0.1) is 0 Å². The van der Waals surface area contributed by atoms with Gasteiger partial charge in [0, 0.05) is 23.7 Å². The van der Waals surface area contributed by atoms with E-state index in [4.69, 9.17) is 4.74 Å². The predicted octanol–water partition coefficient (Wildman–Crippen LogP) is 3.87. The van der Waals surface area contributed by atoms with E-state index in [2.05, 4.69) is 21.2 Å². The number of nitro benzene ring substituents is 1. The summed E-state index contributed by atoms with van der Waals surface area (Å²) in [5.74, 6) is -0.620. The number of nitrogens with one attached hydrogen (secondary N) is 1. The van der Waals surface area contributed by atoms with E-state index in [0.717, 1.165) is 25.7 Å². The van der Waals surface area contributed by atoms with E-state index in [9.17, 15) is 14.5 Å². The van der Waals surface area contributed by atoms with Crippen LogP contribution >= 0.6 is 15.9 Å². The van der Waals surface area contributed by atoms with Crippen molar-refractivity contribution < 1.29 is 14.1 Å². The van der Waals surface area contributed by atoms with Crippen molar-refractivity contribution in [1.82, 2.24) is 0 Å². The fourth-order valence-electron chi connectivity index (χ4n) is 2.54. The molecule has 1 aromatic rings. The van der Waals surface area contributed by atoms with Crippen LogP contribution in [0.1, 0.15) is 25.7 Å². The quantitative estimate of drug-likeness (QED) is 0.663. The van der Waals surface area contributed by atoms with Gasteiger partial charge in [0.25, 0.3) is 5.69 Å². The maximum Gasteiger partial charge on any atom is 0.296 e. The number of nitro groups is 1. The zero-order chi connectivity index (χ0) is 14.7. The lowest BCUT2D eigenvalue weighted by atomic mass is 9.92. The summed E-state index contributed by atoms with van der Waals surface area (Å²) in [5.41, 5.74) is -0.295. The van der Waals surface area contributed by atoms with E-state index >= 15 is 0 Å². The first-order chi connectivity index (χ1) is 9.51. The first kappa shape index (κ1) is 15.2. The van der Waals surface area contributed by atoms with Crippen molar-refractivity contribution in [2.75, 3.05) is 12.4 Å². The molecule has 20 heavy (non-hydrogen) atoms. The second-order valence-corrected chi connectivity index (χ2v) is 5.82. The van der Waals surface area contributed by atoms with Crippen molar-refractivity contribution in [3.63, 3.8) is 0 Å². The van der Waals surface area contributed by atoms with Crippen LogP contribution in [0.5, 0.6) is 0 Å². The van der Waals surface area contributed by atoms with Crippen molar-refractivity contribution in [3.05, 3.63) is 32.5 Å². The van der Waals surface area contributed by atoms with Crippen molar-refractivity contribution in [2.24, 2.45) is 0 Å². The Morgan fingerprint density at radius 3 is 2.90 bits per heavy atom. The number of methoxy groups -OCH3 is 1. The Morgan fingerprint density at radius 1 is 1.50 bits per heavy atom. The number of hydrogen-bond acceptors (Lipinski definition) is 4. The van der Waals surface area contributed by atoms with Gasteiger partial charge in [-0.05, 0) is 31.7 Å². The summed E-state index contributed by atoms with van der Waals surface area (Å²) in [4.78, 5) is 10.5. The molecule has 0 bridgehead atoms. The van der Waals surface area contributed by atoms with Crippen molar-refractivity contribution in [2.45, 2.75) is 37.8 Å². The van der Waals surface area contributed by atoms with Crippen molar-refractivity contribution in [1.29, 1.82) is 0 Å². The van der Waals surface area contributed by atoms with Gasteiger partial charge in [-0.3, -0.25) is 10.1 Å². The summed E-state index contributed by atoms with van der Waals surface area (Å²) in [6.45, 7) is 0. The van der Waals surface area contributed by atoms with Crippen LogP contribution < -0.4 is 5.32 Å². The van der Waals surface area contributed by atoms with Crippen LogP contribution in [-0.4, -0.2) is 24.2 Å². The highest BCUT2D eigenvalue weighted by Crippen LogP contribution is 2.34. The SMILES string of the molecule is COC1CCCC(Nc2c(F)cc(Br)cc2[N+](=O)[O-])C1. The summed E-state index contributed by atoms with van der Waals surface area (Å²) in [6, 6.07) is 2.52. The molecule has 0 spiro atoms. The van der Waals surface area contributed by atoms with Gasteiger partial charge in [0.1, 0.15) is 5.69 Å². The third-order valence-corrected chi connectivity index (χ3v) is 4.00. The minimum Gasteiger partial charge on any atom is -0.381 e. The Balaban J connectivity index is 2.22. The second-order valence-electron chi connectivity index (χ2n) is 4.90. The van der Waals surface area contributed by atoms with E-state index in [-0.39, 0.29) is 23.5 Å². The summed E-state index contributed by atoms with van der Waals surface area (Å²) in [5, 5.41) is 14.0. The molecule has 2 unspecified atom stereocenters. The minimum atomic E-state index is -0.620. The third-order valence-electron chi connectivity index (χ3n) is 3.54. The van der Waals surface area contributed by atoms with Crippen molar-refractivity contribution >= 4 is 27.3 Å². The number of halogens is 2. The van der Waals surface area contributed by atoms with Gasteiger partial charge in [-0.25, -0.2) is 4.39 Å². The molecule has 7 heteroatoms. The Bertz CT molecular complexity index is 513. The molecule has 110 valence electrons. The summed E-state index contributed by atoms with van der Waals surface area (Å²) >= 11 is 3.07. The molecule has 1 aliphatic carbocycles. The summed E-state index contributed by atoms with van der Waals surface area (Å²) < 4.78 is 19.6. The average Bonchev–Trinajstić information content (AvgIpc) is 2.41. The molecule has 1 fully saturated rings. The Morgan fingerprint density at radius 2 is 2.25 bits per heavy atom. The maximum absolute atomic E-state index is 14.0. The molecule has 1 aliphatic rings. The van der Waals surface area contributed by atoms with Gasteiger partial charge in [0.05, 0.1) is 11.0 Å². The molecule has 2 atom stereocenters. The molecule has 1 saturated carbocycles. The molecule has 5 nitrogen and oxygen atoms in total. The lowest BCUT2D eigenvalue weighted by molar-refractivity contribution is -0.384. The topological polar surface area (TPSA) is 64.4 Å². The van der Waals surface area contributed by atoms with Gasteiger partial charge in [0.15, 0.2) is 5.82 Å². The lowest BCUT2D eigenvalue weighted by Crippen LogP contribution is -2.31. The van der Waals surface area contributed by atoms with Crippen LogP contribution in [0.2, 0.25) is 0 Å². The number of anilines is 1. The smallest absolute Gasteiger partial charge is 0.296 e. The molecule has 0 radical (unpaired) electrons. The third kappa shape index (κ3) is 3.46. The number of rotatable bonds is 4. The molecule has 1 aromatic carbocycles. The number of benzene rings is 1. The zero-order valence-electron chi connectivity index (χ0n) is 11.1. The Labute approximate surface area is 124 Å². The standard InChI is InChI=1S/C13H16BrFN2O3/c1-20-10-4-2-3-9(7-10)16-13-11(15)5-8(14)6-12(13)17(18)19/h5-6,9-10,16H,2-4,7H2,1H3. The van der Waals surface area contributed by atoms with Crippen LogP contribution in [0.25, 0.3) is 0 Å². The maximum atomic E-state index is 14.0. The molecule has 0 aromatic heterocycles. The minimum absolute atomic E-state index is 0.0110. The summed E-state index contributed by atoms with van der Waals surface area (Å²) in [6.07, 6.45) is 3.64. The van der Waals surface area contributed by atoms with Crippen LogP contribution in [0.4, 0.5) is 15.8 Å². The normalized spacial score (nSPS) is 22.6. The molecule has 0 amide bonds. The number of ether oxygens (including phenoxy) is 1.